The number of alkyl halides is 2. The number of fused-ring (bicyclic) bond motifs is 1. The molecule has 1 aliphatic heterocycles. The summed E-state index contributed by atoms with van der Waals surface area (Å²) in [5, 5.41) is 4.09. The Hall–Kier alpha value is -1.78. The van der Waals surface area contributed by atoms with Gasteiger partial charge in [-0.3, -0.25) is 0 Å². The molecular weight excluding hydrogens is 236 g/mol. The van der Waals surface area contributed by atoms with Gasteiger partial charge in [-0.1, -0.05) is 30.3 Å². The van der Waals surface area contributed by atoms with Gasteiger partial charge >= 0.3 is 0 Å². The van der Waals surface area contributed by atoms with Gasteiger partial charge in [0.15, 0.2) is 24.0 Å². The lowest BCUT2D eigenvalue weighted by Crippen LogP contribution is -2.08. The molecule has 0 unspecified atom stereocenters. The number of nitrogens with zero attached hydrogens (tertiary/aromatic N) is 3. The minimum absolute atomic E-state index is 0.0632. The second-order valence-electron chi connectivity index (χ2n) is 4.52. The largest absolute Gasteiger partial charge is 0.239 e. The second-order valence-corrected chi connectivity index (χ2v) is 4.52. The molecular formula is C13H13F2N3. The van der Waals surface area contributed by atoms with Gasteiger partial charge in [0.1, 0.15) is 0 Å². The SMILES string of the molecule is C[C@@H](F)c1nc2n(n1)[C@H](c1ccccc1)C[C@@H]2F. The zero-order chi connectivity index (χ0) is 12.7. The van der Waals surface area contributed by atoms with Crippen LogP contribution in [0, 0.1) is 0 Å². The Kier molecular flexibility index (Phi) is 2.61. The third-order valence-corrected chi connectivity index (χ3v) is 3.22. The number of rotatable bonds is 2. The first kappa shape index (κ1) is 11.3. The second kappa shape index (κ2) is 4.15. The molecule has 0 saturated carbocycles. The topological polar surface area (TPSA) is 30.7 Å². The predicted molar refractivity (Wildman–Crippen MR) is 62.6 cm³/mol. The van der Waals surface area contributed by atoms with Gasteiger partial charge < -0.3 is 0 Å². The maximum atomic E-state index is 13.9. The van der Waals surface area contributed by atoms with E-state index in [9.17, 15) is 8.78 Å². The monoisotopic (exact) mass is 249 g/mol. The summed E-state index contributed by atoms with van der Waals surface area (Å²) in [6.45, 7) is 1.36. The molecule has 0 bridgehead atoms. The molecule has 0 saturated heterocycles. The lowest BCUT2D eigenvalue weighted by atomic mass is 10.0. The van der Waals surface area contributed by atoms with Crippen molar-refractivity contribution in [2.45, 2.75) is 31.7 Å². The standard InChI is InChI=1S/C13H13F2N3/c1-8(14)12-16-13-10(15)7-11(18(13)17-12)9-5-3-2-4-6-9/h2-6,8,10-11H,7H2,1H3/t8-,10+,11+/m1/s1. The summed E-state index contributed by atoms with van der Waals surface area (Å²) >= 11 is 0. The Labute approximate surface area is 103 Å². The molecule has 0 fully saturated rings. The van der Waals surface area contributed by atoms with E-state index in [0.29, 0.717) is 6.42 Å². The van der Waals surface area contributed by atoms with Crippen LogP contribution >= 0.6 is 0 Å². The zero-order valence-electron chi connectivity index (χ0n) is 9.92. The summed E-state index contributed by atoms with van der Waals surface area (Å²) in [5.74, 6) is 0.302. The summed E-state index contributed by atoms with van der Waals surface area (Å²) < 4.78 is 28.6. The van der Waals surface area contributed by atoms with Crippen molar-refractivity contribution in [3.63, 3.8) is 0 Å². The van der Waals surface area contributed by atoms with E-state index in [-0.39, 0.29) is 17.7 Å². The van der Waals surface area contributed by atoms with Gasteiger partial charge in [0.25, 0.3) is 0 Å². The Morgan fingerprint density at radius 2 is 2.06 bits per heavy atom. The highest BCUT2D eigenvalue weighted by atomic mass is 19.1. The van der Waals surface area contributed by atoms with E-state index in [0.717, 1.165) is 5.56 Å². The van der Waals surface area contributed by atoms with E-state index >= 15 is 0 Å². The van der Waals surface area contributed by atoms with E-state index in [1.54, 1.807) is 0 Å². The van der Waals surface area contributed by atoms with Crippen LogP contribution in [0.2, 0.25) is 0 Å². The van der Waals surface area contributed by atoms with E-state index in [4.69, 9.17) is 0 Å². The lowest BCUT2D eigenvalue weighted by molar-refractivity contribution is 0.319. The van der Waals surface area contributed by atoms with Crippen molar-refractivity contribution in [2.75, 3.05) is 0 Å². The van der Waals surface area contributed by atoms with E-state index in [1.807, 2.05) is 30.3 Å². The fourth-order valence-corrected chi connectivity index (χ4v) is 2.32. The molecule has 18 heavy (non-hydrogen) atoms. The molecule has 3 rings (SSSR count). The first-order valence-electron chi connectivity index (χ1n) is 5.96. The average Bonchev–Trinajstić information content (AvgIpc) is 2.92. The van der Waals surface area contributed by atoms with Gasteiger partial charge in [-0.15, -0.1) is 0 Å². The molecule has 1 aliphatic rings. The molecule has 2 aromatic rings. The number of hydrogen-bond acceptors (Lipinski definition) is 2. The highest BCUT2D eigenvalue weighted by Gasteiger charge is 2.35. The van der Waals surface area contributed by atoms with Gasteiger partial charge in [0.2, 0.25) is 0 Å². The molecule has 1 aromatic heterocycles. The number of halogens is 2. The van der Waals surface area contributed by atoms with Crippen molar-refractivity contribution in [3.05, 3.63) is 47.5 Å². The zero-order valence-corrected chi connectivity index (χ0v) is 9.92. The fraction of sp³-hybridized carbons (Fsp3) is 0.385. The van der Waals surface area contributed by atoms with Gasteiger partial charge in [-0.05, 0) is 12.5 Å². The van der Waals surface area contributed by atoms with Crippen LogP contribution in [0.4, 0.5) is 8.78 Å². The Morgan fingerprint density at radius 3 is 2.72 bits per heavy atom. The molecule has 1 aromatic carbocycles. The molecule has 3 atom stereocenters. The summed E-state index contributed by atoms with van der Waals surface area (Å²) in [6.07, 6.45) is -2.12. The summed E-state index contributed by atoms with van der Waals surface area (Å²) in [7, 11) is 0. The lowest BCUT2D eigenvalue weighted by Gasteiger charge is -2.11. The third kappa shape index (κ3) is 1.70. The van der Waals surface area contributed by atoms with E-state index in [1.165, 1.54) is 11.6 Å². The van der Waals surface area contributed by atoms with Crippen LogP contribution in [0.1, 0.15) is 48.9 Å². The Morgan fingerprint density at radius 1 is 1.33 bits per heavy atom. The van der Waals surface area contributed by atoms with Crippen LogP contribution in [0.5, 0.6) is 0 Å². The third-order valence-electron chi connectivity index (χ3n) is 3.22. The molecule has 2 heterocycles. The molecule has 3 nitrogen and oxygen atoms in total. The van der Waals surface area contributed by atoms with Gasteiger partial charge in [0.05, 0.1) is 6.04 Å². The maximum Gasteiger partial charge on any atom is 0.184 e. The van der Waals surface area contributed by atoms with Crippen LogP contribution < -0.4 is 0 Å². The fourth-order valence-electron chi connectivity index (χ4n) is 2.32. The number of benzene rings is 1. The molecule has 0 N–H and O–H groups in total. The van der Waals surface area contributed by atoms with Crippen molar-refractivity contribution in [1.82, 2.24) is 14.8 Å². The van der Waals surface area contributed by atoms with Crippen LogP contribution in [0.3, 0.4) is 0 Å². The van der Waals surface area contributed by atoms with E-state index in [2.05, 4.69) is 10.1 Å². The van der Waals surface area contributed by atoms with Crippen LogP contribution in [-0.4, -0.2) is 14.8 Å². The van der Waals surface area contributed by atoms with Crippen molar-refractivity contribution in [1.29, 1.82) is 0 Å². The first-order valence-corrected chi connectivity index (χ1v) is 5.96. The smallest absolute Gasteiger partial charge is 0.184 e. The quantitative estimate of drug-likeness (QED) is 0.817. The van der Waals surface area contributed by atoms with Crippen molar-refractivity contribution >= 4 is 0 Å². The molecule has 0 amide bonds. The van der Waals surface area contributed by atoms with Crippen LogP contribution in [0.25, 0.3) is 0 Å². The highest BCUT2D eigenvalue weighted by molar-refractivity contribution is 5.23. The highest BCUT2D eigenvalue weighted by Crippen LogP contribution is 2.39. The van der Waals surface area contributed by atoms with Gasteiger partial charge in [-0.25, -0.2) is 18.4 Å². The molecule has 94 valence electrons. The average molecular weight is 249 g/mol. The molecule has 0 radical (unpaired) electrons. The minimum atomic E-state index is -1.27. The summed E-state index contributed by atoms with van der Waals surface area (Å²) in [6, 6.07) is 9.37. The predicted octanol–water partition coefficient (Wildman–Crippen LogP) is 3.31. The number of aromatic nitrogens is 3. The normalized spacial score (nSPS) is 23.9. The summed E-state index contributed by atoms with van der Waals surface area (Å²) in [5.41, 5.74) is 0.974. The maximum absolute atomic E-state index is 13.9. The van der Waals surface area contributed by atoms with E-state index < -0.39 is 12.3 Å². The van der Waals surface area contributed by atoms with Crippen molar-refractivity contribution in [2.24, 2.45) is 0 Å². The molecule has 0 spiro atoms. The van der Waals surface area contributed by atoms with Crippen LogP contribution in [0.15, 0.2) is 30.3 Å². The Bertz CT molecular complexity index is 551. The van der Waals surface area contributed by atoms with Crippen molar-refractivity contribution in [3.8, 4) is 0 Å². The van der Waals surface area contributed by atoms with Gasteiger partial charge in [0, 0.05) is 6.42 Å². The van der Waals surface area contributed by atoms with Crippen molar-refractivity contribution < 1.29 is 8.78 Å². The minimum Gasteiger partial charge on any atom is -0.239 e. The summed E-state index contributed by atoms with van der Waals surface area (Å²) in [4.78, 5) is 3.95. The molecule has 5 heteroatoms. The van der Waals surface area contributed by atoms with Crippen LogP contribution in [-0.2, 0) is 0 Å². The molecule has 0 aliphatic carbocycles. The first-order chi connectivity index (χ1) is 8.66. The number of hydrogen-bond donors (Lipinski definition) is 0. The van der Waals surface area contributed by atoms with Gasteiger partial charge in [-0.2, -0.15) is 5.10 Å². The Balaban J connectivity index is 2.03.